The van der Waals surface area contributed by atoms with Gasteiger partial charge in [0.2, 0.25) is 5.89 Å². The van der Waals surface area contributed by atoms with E-state index < -0.39 is 9.84 Å². The summed E-state index contributed by atoms with van der Waals surface area (Å²) in [5.74, 6) is 0.472. The molecule has 0 fully saturated rings. The Morgan fingerprint density at radius 2 is 2.00 bits per heavy atom. The first-order valence-corrected chi connectivity index (χ1v) is 9.30. The Labute approximate surface area is 128 Å². The fourth-order valence-corrected chi connectivity index (χ4v) is 3.47. The van der Waals surface area contributed by atoms with E-state index in [-0.39, 0.29) is 22.8 Å². The van der Waals surface area contributed by atoms with E-state index in [1.165, 1.54) is 11.3 Å². The van der Waals surface area contributed by atoms with Crippen LogP contribution in [0.5, 0.6) is 0 Å². The second kappa shape index (κ2) is 5.84. The molecule has 0 unspecified atom stereocenters. The van der Waals surface area contributed by atoms with Gasteiger partial charge in [0.25, 0.3) is 0 Å². The van der Waals surface area contributed by atoms with Gasteiger partial charge >= 0.3 is 0 Å². The van der Waals surface area contributed by atoms with Crippen LogP contribution in [0.15, 0.2) is 9.90 Å². The maximum atomic E-state index is 12.1. The minimum Gasteiger partial charge on any atom is -0.338 e. The third-order valence-electron chi connectivity index (χ3n) is 2.82. The summed E-state index contributed by atoms with van der Waals surface area (Å²) >= 11 is 1.52. The number of nitrogens with zero attached hydrogens (tertiary/aromatic N) is 3. The third-order valence-corrected chi connectivity index (χ3v) is 5.15. The largest absolute Gasteiger partial charge is 0.338 e. The van der Waals surface area contributed by atoms with Crippen molar-refractivity contribution in [1.29, 1.82) is 0 Å². The van der Waals surface area contributed by atoms with Crippen LogP contribution in [-0.2, 0) is 27.4 Å². The van der Waals surface area contributed by atoms with Gasteiger partial charge in [-0.2, -0.15) is 4.98 Å². The summed E-state index contributed by atoms with van der Waals surface area (Å²) < 4.78 is 29.2. The Hall–Kier alpha value is -1.28. The number of hydrogen-bond donors (Lipinski definition) is 0. The van der Waals surface area contributed by atoms with E-state index in [0.717, 1.165) is 10.7 Å². The first-order chi connectivity index (χ1) is 9.66. The van der Waals surface area contributed by atoms with Crippen LogP contribution in [0.25, 0.3) is 0 Å². The Bertz CT molecular complexity index is 711. The zero-order valence-electron chi connectivity index (χ0n) is 12.6. The van der Waals surface area contributed by atoms with Gasteiger partial charge in [-0.1, -0.05) is 25.9 Å². The van der Waals surface area contributed by atoms with Gasteiger partial charge in [-0.15, -0.1) is 11.3 Å². The molecule has 0 spiro atoms. The summed E-state index contributed by atoms with van der Waals surface area (Å²) in [7, 11) is -3.29. The monoisotopic (exact) mass is 329 g/mol. The molecular formula is C13H19N3O3S2. The topological polar surface area (TPSA) is 86.0 Å². The Kier molecular flexibility index (Phi) is 4.48. The van der Waals surface area contributed by atoms with E-state index in [1.807, 2.05) is 33.1 Å². The standard InChI is InChI=1S/C13H19N3O3S2/c1-9-14-10(7-20-9)5-6-21(17,18)8-11-15-12(16-19-11)13(2,3)4/h7H,5-6,8H2,1-4H3. The number of aromatic nitrogens is 3. The van der Waals surface area contributed by atoms with Crippen molar-refractivity contribution in [3.63, 3.8) is 0 Å². The van der Waals surface area contributed by atoms with Crippen molar-refractivity contribution in [2.24, 2.45) is 0 Å². The molecule has 0 N–H and O–H groups in total. The quantitative estimate of drug-likeness (QED) is 0.836. The second-order valence-corrected chi connectivity index (χ2v) is 9.21. The summed E-state index contributed by atoms with van der Waals surface area (Å²) in [5.41, 5.74) is 0.547. The van der Waals surface area contributed by atoms with Crippen molar-refractivity contribution in [2.45, 2.75) is 45.3 Å². The maximum absolute atomic E-state index is 12.1. The predicted molar refractivity (Wildman–Crippen MR) is 81.0 cm³/mol. The van der Waals surface area contributed by atoms with Gasteiger partial charge in [0.05, 0.1) is 16.5 Å². The van der Waals surface area contributed by atoms with E-state index in [2.05, 4.69) is 15.1 Å². The molecule has 0 radical (unpaired) electrons. The summed E-state index contributed by atoms with van der Waals surface area (Å²) in [5, 5.41) is 6.66. The van der Waals surface area contributed by atoms with Gasteiger partial charge in [-0.25, -0.2) is 13.4 Å². The van der Waals surface area contributed by atoms with Crippen LogP contribution in [0.3, 0.4) is 0 Å². The van der Waals surface area contributed by atoms with Crippen molar-refractivity contribution in [2.75, 3.05) is 5.75 Å². The normalized spacial score (nSPS) is 12.8. The van der Waals surface area contributed by atoms with Crippen LogP contribution in [-0.4, -0.2) is 29.3 Å². The molecule has 6 nitrogen and oxygen atoms in total. The molecule has 0 aromatic carbocycles. The third kappa shape index (κ3) is 4.60. The molecular weight excluding hydrogens is 310 g/mol. The van der Waals surface area contributed by atoms with E-state index in [0.29, 0.717) is 12.2 Å². The van der Waals surface area contributed by atoms with E-state index in [1.54, 1.807) is 0 Å². The molecule has 0 aliphatic carbocycles. The predicted octanol–water partition coefficient (Wildman–Crippen LogP) is 2.29. The highest BCUT2D eigenvalue weighted by Gasteiger charge is 2.23. The highest BCUT2D eigenvalue weighted by atomic mass is 32.2. The Morgan fingerprint density at radius 1 is 1.29 bits per heavy atom. The summed E-state index contributed by atoms with van der Waals surface area (Å²) in [6, 6.07) is 0. The van der Waals surface area contributed by atoms with Gasteiger partial charge in [0.15, 0.2) is 15.7 Å². The first-order valence-electron chi connectivity index (χ1n) is 6.60. The molecule has 8 heteroatoms. The van der Waals surface area contributed by atoms with E-state index in [9.17, 15) is 8.42 Å². The Balaban J connectivity index is 1.99. The minimum absolute atomic E-state index is 0.0312. The van der Waals surface area contributed by atoms with Crippen LogP contribution in [0.4, 0.5) is 0 Å². The molecule has 21 heavy (non-hydrogen) atoms. The lowest BCUT2D eigenvalue weighted by Crippen LogP contribution is -2.14. The highest BCUT2D eigenvalue weighted by molar-refractivity contribution is 7.90. The molecule has 0 aliphatic rings. The SMILES string of the molecule is Cc1nc(CCS(=O)(=O)Cc2nc(C(C)(C)C)no2)cs1. The average Bonchev–Trinajstić information content (AvgIpc) is 2.94. The lowest BCUT2D eigenvalue weighted by Gasteiger charge is -2.10. The van der Waals surface area contributed by atoms with Crippen LogP contribution in [0.1, 0.15) is 43.2 Å². The molecule has 0 aliphatic heterocycles. The first kappa shape index (κ1) is 16.1. The summed E-state index contributed by atoms with van der Waals surface area (Å²) in [6.45, 7) is 7.73. The van der Waals surface area contributed by atoms with Crippen LogP contribution < -0.4 is 0 Å². The molecule has 2 rings (SSSR count). The van der Waals surface area contributed by atoms with Gasteiger partial charge in [-0.05, 0) is 6.92 Å². The van der Waals surface area contributed by atoms with E-state index in [4.69, 9.17) is 4.52 Å². The fraction of sp³-hybridized carbons (Fsp3) is 0.615. The number of aryl methyl sites for hydroxylation is 2. The smallest absolute Gasteiger partial charge is 0.241 e. The van der Waals surface area contributed by atoms with Gasteiger partial charge < -0.3 is 4.52 Å². The summed E-state index contributed by atoms with van der Waals surface area (Å²) in [4.78, 5) is 8.42. The molecule has 0 saturated carbocycles. The lowest BCUT2D eigenvalue weighted by atomic mass is 9.96. The zero-order chi connectivity index (χ0) is 15.7. The molecule has 2 heterocycles. The van der Waals surface area contributed by atoms with Crippen LogP contribution >= 0.6 is 11.3 Å². The van der Waals surface area contributed by atoms with Crippen molar-refractivity contribution < 1.29 is 12.9 Å². The van der Waals surface area contributed by atoms with Gasteiger partial charge in [-0.3, -0.25) is 0 Å². The molecule has 116 valence electrons. The van der Waals surface area contributed by atoms with Crippen molar-refractivity contribution in [3.8, 4) is 0 Å². The van der Waals surface area contributed by atoms with Gasteiger partial charge in [0.1, 0.15) is 5.75 Å². The van der Waals surface area contributed by atoms with Crippen LogP contribution in [0, 0.1) is 6.92 Å². The number of thiazole rings is 1. The Morgan fingerprint density at radius 3 is 2.52 bits per heavy atom. The van der Waals surface area contributed by atoms with Gasteiger partial charge in [0, 0.05) is 17.2 Å². The zero-order valence-corrected chi connectivity index (χ0v) is 14.2. The molecule has 2 aromatic heterocycles. The van der Waals surface area contributed by atoms with Crippen molar-refractivity contribution in [3.05, 3.63) is 27.8 Å². The number of hydrogen-bond acceptors (Lipinski definition) is 7. The molecule has 0 atom stereocenters. The number of sulfone groups is 1. The highest BCUT2D eigenvalue weighted by Crippen LogP contribution is 2.19. The summed E-state index contributed by atoms with van der Waals surface area (Å²) in [6.07, 6.45) is 0.410. The fourth-order valence-electron chi connectivity index (χ4n) is 1.66. The molecule has 0 saturated heterocycles. The number of rotatable bonds is 5. The van der Waals surface area contributed by atoms with E-state index >= 15 is 0 Å². The second-order valence-electron chi connectivity index (χ2n) is 5.96. The minimum atomic E-state index is -3.29. The van der Waals surface area contributed by atoms with Crippen molar-refractivity contribution >= 4 is 21.2 Å². The molecule has 0 amide bonds. The van der Waals surface area contributed by atoms with Crippen LogP contribution in [0.2, 0.25) is 0 Å². The van der Waals surface area contributed by atoms with Crippen molar-refractivity contribution in [1.82, 2.24) is 15.1 Å². The molecule has 0 bridgehead atoms. The molecule has 2 aromatic rings. The lowest BCUT2D eigenvalue weighted by molar-refractivity contribution is 0.371. The average molecular weight is 329 g/mol. The maximum Gasteiger partial charge on any atom is 0.241 e.